The van der Waals surface area contributed by atoms with Crippen LogP contribution in [0.3, 0.4) is 0 Å². The van der Waals surface area contributed by atoms with Crippen LogP contribution in [0.25, 0.3) is 6.08 Å². The summed E-state index contributed by atoms with van der Waals surface area (Å²) in [4.78, 5) is 37.5. The third kappa shape index (κ3) is 6.25. The van der Waals surface area contributed by atoms with Crippen LogP contribution in [0.2, 0.25) is 10.0 Å². The second kappa shape index (κ2) is 11.7. The summed E-state index contributed by atoms with van der Waals surface area (Å²) in [5.74, 6) is 0.416. The highest BCUT2D eigenvalue weighted by Crippen LogP contribution is 2.36. The second-order valence-electron chi connectivity index (χ2n) is 7.82. The first-order valence-electron chi connectivity index (χ1n) is 11.1. The summed E-state index contributed by atoms with van der Waals surface area (Å²) in [5, 5.41) is 11.8. The minimum Gasteiger partial charge on any atom is -0.490 e. The zero-order chi connectivity index (χ0) is 26.5. The number of halogens is 2. The predicted molar refractivity (Wildman–Crippen MR) is 143 cm³/mol. The van der Waals surface area contributed by atoms with E-state index < -0.39 is 16.1 Å². The van der Waals surface area contributed by atoms with Gasteiger partial charge in [-0.2, -0.15) is 0 Å². The summed E-state index contributed by atoms with van der Waals surface area (Å²) < 4.78 is 11.6. The molecule has 2 amide bonds. The minimum atomic E-state index is -0.538. The predicted octanol–water partition coefficient (Wildman–Crippen LogP) is 7.12. The van der Waals surface area contributed by atoms with Gasteiger partial charge in [0.05, 0.1) is 23.0 Å². The first kappa shape index (κ1) is 26.5. The Bertz CT molecular complexity index is 1410. The van der Waals surface area contributed by atoms with Gasteiger partial charge in [0.25, 0.3) is 16.8 Å². The van der Waals surface area contributed by atoms with Gasteiger partial charge >= 0.3 is 0 Å². The molecule has 37 heavy (non-hydrogen) atoms. The van der Waals surface area contributed by atoms with Gasteiger partial charge in [0.15, 0.2) is 11.5 Å². The lowest BCUT2D eigenvalue weighted by Gasteiger charge is -2.14. The lowest BCUT2D eigenvalue weighted by Crippen LogP contribution is -2.27. The second-order valence-corrected chi connectivity index (χ2v) is 9.65. The Morgan fingerprint density at radius 2 is 1.78 bits per heavy atom. The highest BCUT2D eigenvalue weighted by molar-refractivity contribution is 8.18. The lowest BCUT2D eigenvalue weighted by molar-refractivity contribution is -0.385. The Balaban J connectivity index is 1.53. The van der Waals surface area contributed by atoms with Gasteiger partial charge in [-0.05, 0) is 54.6 Å². The molecule has 11 heteroatoms. The average molecular weight is 559 g/mol. The number of amides is 2. The number of carbonyl (C=O) groups excluding carboxylic acids is 2. The molecule has 0 atom stereocenters. The summed E-state index contributed by atoms with van der Waals surface area (Å²) >= 11 is 13.0. The first-order chi connectivity index (χ1) is 17.8. The smallest absolute Gasteiger partial charge is 0.293 e. The number of para-hydroxylation sites is 1. The lowest BCUT2D eigenvalue weighted by atomic mass is 10.1. The third-order valence-electron chi connectivity index (χ3n) is 5.35. The summed E-state index contributed by atoms with van der Waals surface area (Å²) in [7, 11) is 0. The molecule has 0 unspecified atom stereocenters. The van der Waals surface area contributed by atoms with Gasteiger partial charge in [-0.25, -0.2) is 0 Å². The Morgan fingerprint density at radius 3 is 2.51 bits per heavy atom. The van der Waals surface area contributed by atoms with E-state index in [1.807, 2.05) is 6.92 Å². The van der Waals surface area contributed by atoms with Gasteiger partial charge in [0.1, 0.15) is 6.61 Å². The minimum absolute atomic E-state index is 0.151. The molecule has 4 rings (SSSR count). The van der Waals surface area contributed by atoms with E-state index in [0.717, 1.165) is 22.2 Å². The SMILES string of the molecule is CCOc1cc(/C=C2/SC(=O)N(Cc3ccccc3[N+](=O)[O-])C2=O)ccc1OCc1ccc(Cl)cc1Cl. The van der Waals surface area contributed by atoms with Gasteiger partial charge in [0, 0.05) is 27.2 Å². The number of benzene rings is 3. The van der Waals surface area contributed by atoms with Crippen molar-refractivity contribution in [1.82, 2.24) is 4.90 Å². The van der Waals surface area contributed by atoms with Gasteiger partial charge in [-0.15, -0.1) is 0 Å². The largest absolute Gasteiger partial charge is 0.490 e. The van der Waals surface area contributed by atoms with Crippen LogP contribution in [0.1, 0.15) is 23.6 Å². The number of hydrogen-bond acceptors (Lipinski definition) is 7. The molecule has 0 N–H and O–H groups in total. The molecule has 1 heterocycles. The fourth-order valence-electron chi connectivity index (χ4n) is 3.58. The molecule has 1 aliphatic rings. The normalized spacial score (nSPS) is 14.4. The fourth-order valence-corrected chi connectivity index (χ4v) is 4.88. The molecule has 1 aliphatic heterocycles. The summed E-state index contributed by atoms with van der Waals surface area (Å²) in [5.41, 5.74) is 1.50. The van der Waals surface area contributed by atoms with Crippen molar-refractivity contribution in [2.45, 2.75) is 20.1 Å². The quantitative estimate of drug-likeness (QED) is 0.156. The molecule has 0 aromatic heterocycles. The molecule has 3 aromatic carbocycles. The maximum absolute atomic E-state index is 13.0. The summed E-state index contributed by atoms with van der Waals surface area (Å²) in [6, 6.07) is 16.3. The molecule has 0 saturated carbocycles. The van der Waals surface area contributed by atoms with Crippen molar-refractivity contribution in [2.75, 3.05) is 6.61 Å². The summed E-state index contributed by atoms with van der Waals surface area (Å²) in [6.07, 6.45) is 1.58. The molecule has 3 aromatic rings. The van der Waals surface area contributed by atoms with Crippen LogP contribution in [-0.4, -0.2) is 27.6 Å². The molecule has 1 saturated heterocycles. The Morgan fingerprint density at radius 1 is 1.00 bits per heavy atom. The van der Waals surface area contributed by atoms with Crippen molar-refractivity contribution in [3.63, 3.8) is 0 Å². The Kier molecular flexibility index (Phi) is 8.38. The molecule has 0 spiro atoms. The van der Waals surface area contributed by atoms with E-state index in [2.05, 4.69) is 0 Å². The number of imide groups is 1. The van der Waals surface area contributed by atoms with E-state index in [1.165, 1.54) is 18.2 Å². The molecule has 0 bridgehead atoms. The highest BCUT2D eigenvalue weighted by atomic mass is 35.5. The van der Waals surface area contributed by atoms with Gasteiger partial charge in [-0.3, -0.25) is 24.6 Å². The number of rotatable bonds is 9. The van der Waals surface area contributed by atoms with E-state index in [0.29, 0.717) is 33.7 Å². The van der Waals surface area contributed by atoms with Crippen LogP contribution in [0.15, 0.2) is 65.6 Å². The van der Waals surface area contributed by atoms with Crippen molar-refractivity contribution in [3.8, 4) is 11.5 Å². The van der Waals surface area contributed by atoms with Crippen LogP contribution in [0, 0.1) is 10.1 Å². The topological polar surface area (TPSA) is 99.0 Å². The maximum atomic E-state index is 13.0. The molecular formula is C26H20Cl2N2O6S. The zero-order valence-electron chi connectivity index (χ0n) is 19.5. The molecule has 0 radical (unpaired) electrons. The first-order valence-corrected chi connectivity index (χ1v) is 12.6. The molecular weight excluding hydrogens is 539 g/mol. The van der Waals surface area contributed by atoms with Gasteiger partial charge in [0.2, 0.25) is 0 Å². The van der Waals surface area contributed by atoms with Crippen LogP contribution >= 0.6 is 35.0 Å². The van der Waals surface area contributed by atoms with Crippen molar-refractivity contribution < 1.29 is 24.0 Å². The number of nitro groups is 1. The van der Waals surface area contributed by atoms with Crippen molar-refractivity contribution in [3.05, 3.63) is 102 Å². The van der Waals surface area contributed by atoms with Crippen LogP contribution in [-0.2, 0) is 17.9 Å². The molecule has 190 valence electrons. The van der Waals surface area contributed by atoms with Crippen molar-refractivity contribution in [2.24, 2.45) is 0 Å². The Hall–Kier alpha value is -3.53. The van der Waals surface area contributed by atoms with Crippen molar-refractivity contribution >= 4 is 57.9 Å². The number of carbonyl (C=O) groups is 2. The van der Waals surface area contributed by atoms with E-state index >= 15 is 0 Å². The maximum Gasteiger partial charge on any atom is 0.293 e. The number of thioether (sulfide) groups is 1. The number of nitro benzene ring substituents is 1. The molecule has 0 aliphatic carbocycles. The summed E-state index contributed by atoms with van der Waals surface area (Å²) in [6.45, 7) is 2.22. The number of ether oxygens (including phenoxy) is 2. The van der Waals surface area contributed by atoms with Crippen molar-refractivity contribution in [1.29, 1.82) is 0 Å². The van der Waals surface area contributed by atoms with Crippen LogP contribution in [0.5, 0.6) is 11.5 Å². The van der Waals surface area contributed by atoms with Gasteiger partial charge in [-0.1, -0.05) is 53.5 Å². The highest BCUT2D eigenvalue weighted by Gasteiger charge is 2.36. The van der Waals surface area contributed by atoms with E-state index in [-0.39, 0.29) is 29.3 Å². The molecule has 1 fully saturated rings. The van der Waals surface area contributed by atoms with E-state index in [9.17, 15) is 19.7 Å². The monoisotopic (exact) mass is 558 g/mol. The average Bonchev–Trinajstić information content (AvgIpc) is 3.12. The fraction of sp³-hybridized carbons (Fsp3) is 0.154. The van der Waals surface area contributed by atoms with E-state index in [1.54, 1.807) is 48.5 Å². The van der Waals surface area contributed by atoms with Crippen LogP contribution < -0.4 is 9.47 Å². The number of nitrogens with zero attached hydrogens (tertiary/aromatic N) is 2. The van der Waals surface area contributed by atoms with Gasteiger partial charge < -0.3 is 9.47 Å². The van der Waals surface area contributed by atoms with Crippen LogP contribution in [0.4, 0.5) is 10.5 Å². The van der Waals surface area contributed by atoms with E-state index in [4.69, 9.17) is 32.7 Å². The molecule has 8 nitrogen and oxygen atoms in total. The number of hydrogen-bond donors (Lipinski definition) is 0. The Labute approximate surface area is 226 Å². The zero-order valence-corrected chi connectivity index (χ0v) is 21.8. The standard InChI is InChI=1S/C26H20Cl2N2O6S/c1-2-35-23-11-16(7-10-22(23)36-15-18-8-9-19(27)13-20(18)28)12-24-25(31)29(26(32)37-24)14-17-5-3-4-6-21(17)30(33)34/h3-13H,2,14-15H2,1H3/b24-12+. The third-order valence-corrected chi connectivity index (χ3v) is 6.85.